The van der Waals surface area contributed by atoms with E-state index in [0.29, 0.717) is 12.5 Å². The summed E-state index contributed by atoms with van der Waals surface area (Å²) >= 11 is 0. The molecule has 2 fully saturated rings. The molecule has 0 spiro atoms. The van der Waals surface area contributed by atoms with Crippen LogP contribution in [0, 0.1) is 11.7 Å². The van der Waals surface area contributed by atoms with Gasteiger partial charge in [0.15, 0.2) is 0 Å². The van der Waals surface area contributed by atoms with Gasteiger partial charge in [-0.05, 0) is 18.6 Å². The average molecular weight is 251 g/mol. The van der Waals surface area contributed by atoms with Crippen LogP contribution < -0.4 is 11.1 Å². The van der Waals surface area contributed by atoms with Gasteiger partial charge in [0.1, 0.15) is 11.5 Å². The van der Waals surface area contributed by atoms with Crippen LogP contribution in [0.5, 0.6) is 0 Å². The van der Waals surface area contributed by atoms with E-state index in [4.69, 9.17) is 10.5 Å². The van der Waals surface area contributed by atoms with E-state index in [1.807, 2.05) is 0 Å². The van der Waals surface area contributed by atoms with Crippen molar-refractivity contribution >= 4 is 5.91 Å². The second-order valence-electron chi connectivity index (χ2n) is 4.73. The summed E-state index contributed by atoms with van der Waals surface area (Å²) in [4.78, 5) is 15.6. The fourth-order valence-corrected chi connectivity index (χ4v) is 2.66. The fraction of sp³-hybridized carbons (Fsp3) is 0.500. The lowest BCUT2D eigenvalue weighted by atomic mass is 9.72. The molecule has 96 valence electrons. The van der Waals surface area contributed by atoms with Crippen LogP contribution in [-0.4, -0.2) is 35.7 Å². The van der Waals surface area contributed by atoms with Gasteiger partial charge in [-0.1, -0.05) is 0 Å². The molecule has 1 aromatic rings. The smallest absolute Gasteiger partial charge is 0.270 e. The fourth-order valence-electron chi connectivity index (χ4n) is 2.66. The number of carbonyl (C=O) groups excluding carboxylic acids is 1. The van der Waals surface area contributed by atoms with Gasteiger partial charge in [0.05, 0.1) is 18.3 Å². The number of carbonyl (C=O) groups is 1. The minimum atomic E-state index is -0.467. The first-order chi connectivity index (χ1) is 8.66. The first kappa shape index (κ1) is 11.6. The number of amides is 1. The van der Waals surface area contributed by atoms with Crippen LogP contribution in [0.25, 0.3) is 0 Å². The summed E-state index contributed by atoms with van der Waals surface area (Å²) in [6, 6.07) is 2.32. The molecule has 1 aromatic heterocycles. The molecule has 4 unspecified atom stereocenters. The number of pyridine rings is 1. The van der Waals surface area contributed by atoms with Crippen LogP contribution in [-0.2, 0) is 4.74 Å². The van der Waals surface area contributed by atoms with Crippen LogP contribution in [0.1, 0.15) is 16.9 Å². The molecule has 1 saturated heterocycles. The summed E-state index contributed by atoms with van der Waals surface area (Å²) in [5.41, 5.74) is 6.17. The van der Waals surface area contributed by atoms with Crippen molar-refractivity contribution in [1.82, 2.24) is 10.3 Å². The molecule has 0 aromatic carbocycles. The van der Waals surface area contributed by atoms with Gasteiger partial charge in [-0.3, -0.25) is 4.79 Å². The number of nitrogens with two attached hydrogens (primary N) is 1. The number of nitrogens with one attached hydrogen (secondary N) is 1. The Kier molecular flexibility index (Phi) is 2.76. The molecule has 3 rings (SSSR count). The summed E-state index contributed by atoms with van der Waals surface area (Å²) in [5, 5.41) is 2.80. The van der Waals surface area contributed by atoms with E-state index < -0.39 is 5.82 Å². The number of halogens is 1. The van der Waals surface area contributed by atoms with Crippen molar-refractivity contribution < 1.29 is 13.9 Å². The van der Waals surface area contributed by atoms with Crippen molar-refractivity contribution in [3.63, 3.8) is 0 Å². The molecular weight excluding hydrogens is 237 g/mol. The predicted octanol–water partition coefficient (Wildman–Crippen LogP) is 0.0651. The average Bonchev–Trinajstić information content (AvgIpc) is 2.81. The highest BCUT2D eigenvalue weighted by atomic mass is 19.1. The van der Waals surface area contributed by atoms with E-state index in [-0.39, 0.29) is 29.8 Å². The molecule has 4 atom stereocenters. The Labute approximate surface area is 104 Å². The van der Waals surface area contributed by atoms with Crippen molar-refractivity contribution in [2.24, 2.45) is 11.7 Å². The number of hydrogen-bond acceptors (Lipinski definition) is 4. The number of rotatable bonds is 2. The molecule has 1 aliphatic carbocycles. The van der Waals surface area contributed by atoms with Crippen molar-refractivity contribution in [3.05, 3.63) is 29.8 Å². The Morgan fingerprint density at radius 1 is 1.56 bits per heavy atom. The van der Waals surface area contributed by atoms with Gasteiger partial charge in [0, 0.05) is 18.6 Å². The number of hydrogen-bond donors (Lipinski definition) is 2. The summed E-state index contributed by atoms with van der Waals surface area (Å²) in [6.07, 6.45) is 1.99. The summed E-state index contributed by atoms with van der Waals surface area (Å²) in [5.74, 6) is -0.466. The zero-order valence-corrected chi connectivity index (χ0v) is 9.67. The largest absolute Gasteiger partial charge is 0.376 e. The van der Waals surface area contributed by atoms with Crippen molar-refractivity contribution in [2.75, 3.05) is 6.61 Å². The minimum absolute atomic E-state index is 0.0180. The van der Waals surface area contributed by atoms with Gasteiger partial charge < -0.3 is 15.8 Å². The Balaban J connectivity index is 1.66. The predicted molar refractivity (Wildman–Crippen MR) is 61.3 cm³/mol. The number of nitrogens with zero attached hydrogens (tertiary/aromatic N) is 1. The van der Waals surface area contributed by atoms with Crippen molar-refractivity contribution in [3.8, 4) is 0 Å². The van der Waals surface area contributed by atoms with Gasteiger partial charge in [0.25, 0.3) is 5.91 Å². The molecule has 18 heavy (non-hydrogen) atoms. The van der Waals surface area contributed by atoms with Crippen LogP contribution in [0.4, 0.5) is 4.39 Å². The normalized spacial score (nSPS) is 33.7. The molecule has 2 aliphatic rings. The van der Waals surface area contributed by atoms with E-state index in [2.05, 4.69) is 10.3 Å². The third-order valence-corrected chi connectivity index (χ3v) is 3.70. The maximum atomic E-state index is 12.7. The number of ether oxygens (including phenoxy) is 1. The minimum Gasteiger partial charge on any atom is -0.376 e. The van der Waals surface area contributed by atoms with Gasteiger partial charge in [-0.15, -0.1) is 0 Å². The Morgan fingerprint density at radius 2 is 2.39 bits per heavy atom. The highest BCUT2D eigenvalue weighted by Crippen LogP contribution is 2.37. The zero-order chi connectivity index (χ0) is 12.7. The topological polar surface area (TPSA) is 77.2 Å². The van der Waals surface area contributed by atoms with E-state index in [0.717, 1.165) is 12.6 Å². The Bertz CT molecular complexity index is 465. The number of aromatic nitrogens is 1. The molecule has 0 bridgehead atoms. The van der Waals surface area contributed by atoms with Crippen LogP contribution in [0.3, 0.4) is 0 Å². The standard InChI is InChI=1S/C12H14FN3O2/c13-6-1-2-8(15-5-6)12(17)16-10-9(14)7-3-4-18-11(7)10/h1-2,5,7,9-11H,3-4,14H2,(H,16,17). The Hall–Kier alpha value is -1.53. The van der Waals surface area contributed by atoms with Crippen LogP contribution in [0.2, 0.25) is 0 Å². The maximum Gasteiger partial charge on any atom is 0.270 e. The first-order valence-electron chi connectivity index (χ1n) is 5.96. The zero-order valence-electron chi connectivity index (χ0n) is 9.67. The third-order valence-electron chi connectivity index (χ3n) is 3.70. The van der Waals surface area contributed by atoms with E-state index in [1.54, 1.807) is 0 Å². The second kappa shape index (κ2) is 4.29. The summed E-state index contributed by atoms with van der Waals surface area (Å²) < 4.78 is 18.2. The first-order valence-corrected chi connectivity index (χ1v) is 5.96. The highest BCUT2D eigenvalue weighted by molar-refractivity contribution is 5.92. The van der Waals surface area contributed by atoms with Gasteiger partial charge >= 0.3 is 0 Å². The lowest BCUT2D eigenvalue weighted by Gasteiger charge is -2.45. The lowest BCUT2D eigenvalue weighted by molar-refractivity contribution is -0.0161. The highest BCUT2D eigenvalue weighted by Gasteiger charge is 2.52. The molecule has 1 saturated carbocycles. The summed E-state index contributed by atoms with van der Waals surface area (Å²) in [6.45, 7) is 0.699. The van der Waals surface area contributed by atoms with E-state index in [1.165, 1.54) is 12.1 Å². The molecule has 1 aliphatic heterocycles. The molecular formula is C12H14FN3O2. The monoisotopic (exact) mass is 251 g/mol. The van der Waals surface area contributed by atoms with E-state index >= 15 is 0 Å². The Morgan fingerprint density at radius 3 is 3.11 bits per heavy atom. The van der Waals surface area contributed by atoms with Crippen molar-refractivity contribution in [2.45, 2.75) is 24.6 Å². The van der Waals surface area contributed by atoms with E-state index in [9.17, 15) is 9.18 Å². The lowest BCUT2D eigenvalue weighted by Crippen LogP contribution is -2.69. The van der Waals surface area contributed by atoms with Gasteiger partial charge in [-0.2, -0.15) is 0 Å². The van der Waals surface area contributed by atoms with Gasteiger partial charge in [0.2, 0.25) is 0 Å². The molecule has 5 nitrogen and oxygen atoms in total. The molecule has 1 amide bonds. The second-order valence-corrected chi connectivity index (χ2v) is 4.73. The molecule has 0 radical (unpaired) electrons. The quantitative estimate of drug-likeness (QED) is 0.779. The van der Waals surface area contributed by atoms with Gasteiger partial charge in [-0.25, -0.2) is 9.37 Å². The van der Waals surface area contributed by atoms with Crippen LogP contribution >= 0.6 is 0 Å². The van der Waals surface area contributed by atoms with Crippen LogP contribution in [0.15, 0.2) is 18.3 Å². The third kappa shape index (κ3) is 1.77. The molecule has 3 N–H and O–H groups in total. The SMILES string of the molecule is NC1C2CCOC2C1NC(=O)c1ccc(F)cn1. The molecule has 6 heteroatoms. The number of fused-ring (bicyclic) bond motifs is 1. The summed E-state index contributed by atoms with van der Waals surface area (Å²) in [7, 11) is 0. The maximum absolute atomic E-state index is 12.7. The van der Waals surface area contributed by atoms with Crippen molar-refractivity contribution in [1.29, 1.82) is 0 Å². The molecule has 2 heterocycles.